The molecule has 2 saturated heterocycles. The summed E-state index contributed by atoms with van der Waals surface area (Å²) in [6, 6.07) is 3.61. The van der Waals surface area contributed by atoms with Gasteiger partial charge in [-0.1, -0.05) is 11.6 Å². The quantitative estimate of drug-likeness (QED) is 0.657. The van der Waals surface area contributed by atoms with E-state index in [0.29, 0.717) is 45.8 Å². The van der Waals surface area contributed by atoms with Crippen LogP contribution in [0, 0.1) is 5.82 Å². The molecule has 0 unspecified atom stereocenters. The predicted molar refractivity (Wildman–Crippen MR) is 103 cm³/mol. The van der Waals surface area contributed by atoms with E-state index in [0.717, 1.165) is 6.07 Å². The minimum atomic E-state index is -0.661. The van der Waals surface area contributed by atoms with Crippen molar-refractivity contribution < 1.29 is 23.6 Å². The van der Waals surface area contributed by atoms with Gasteiger partial charge in [0.1, 0.15) is 12.4 Å². The lowest BCUT2D eigenvalue weighted by Gasteiger charge is -2.37. The van der Waals surface area contributed by atoms with Gasteiger partial charge < -0.3 is 19.6 Å². The second-order valence-electron chi connectivity index (χ2n) is 6.91. The number of amides is 4. The molecule has 0 saturated carbocycles. The van der Waals surface area contributed by atoms with Crippen LogP contribution < -0.4 is 0 Å². The Bertz CT molecular complexity index is 841. The number of hydrogen-bond acceptors (Lipinski definition) is 4. The minimum absolute atomic E-state index is 0.0444. The molecule has 2 heterocycles. The highest BCUT2D eigenvalue weighted by Gasteiger charge is 2.34. The van der Waals surface area contributed by atoms with Crippen molar-refractivity contribution in [2.24, 2.45) is 0 Å². The maximum absolute atomic E-state index is 13.2. The zero-order valence-electron chi connectivity index (χ0n) is 16.1. The van der Waals surface area contributed by atoms with Gasteiger partial charge >= 0.3 is 11.8 Å². The summed E-state index contributed by atoms with van der Waals surface area (Å²) in [5.74, 6) is -2.35. The topological polar surface area (TPSA) is 81.2 Å². The molecule has 8 nitrogen and oxygen atoms in total. The fraction of sp³-hybridized carbons (Fsp3) is 0.474. The predicted octanol–water partition coefficient (Wildman–Crippen LogP) is 0.454. The molecule has 0 bridgehead atoms. The number of rotatable bonds is 4. The Kier molecular flexibility index (Phi) is 6.36. The first-order valence-corrected chi connectivity index (χ1v) is 9.80. The molecular formula is C19H22ClFN4O4. The number of nitrogens with zero attached hydrogens (tertiary/aromatic N) is 4. The summed E-state index contributed by atoms with van der Waals surface area (Å²) in [6.45, 7) is 4.05. The van der Waals surface area contributed by atoms with Gasteiger partial charge in [-0.2, -0.15) is 0 Å². The molecule has 4 amide bonds. The van der Waals surface area contributed by atoms with E-state index in [2.05, 4.69) is 0 Å². The molecular weight excluding hydrogens is 403 g/mol. The highest BCUT2D eigenvalue weighted by molar-refractivity contribution is 6.35. The summed E-state index contributed by atoms with van der Waals surface area (Å²) in [5.41, 5.74) is 0.214. The smallest absolute Gasteiger partial charge is 0.312 e. The number of benzene rings is 1. The van der Waals surface area contributed by atoms with Crippen LogP contribution in [-0.2, 0) is 14.4 Å². The Balaban J connectivity index is 1.54. The Hall–Kier alpha value is -2.68. The SMILES string of the molecule is CCN1CCN(CC(=O)N2CCN(C(=O)c3ccc(F)cc3Cl)CC2)C(=O)C1=O. The van der Waals surface area contributed by atoms with Crippen LogP contribution in [0.25, 0.3) is 0 Å². The largest absolute Gasteiger partial charge is 0.338 e. The van der Waals surface area contributed by atoms with Gasteiger partial charge in [-0.3, -0.25) is 19.2 Å². The van der Waals surface area contributed by atoms with Crippen LogP contribution in [0.15, 0.2) is 18.2 Å². The Morgan fingerprint density at radius 3 is 2.17 bits per heavy atom. The second kappa shape index (κ2) is 8.77. The van der Waals surface area contributed by atoms with E-state index in [1.54, 1.807) is 16.7 Å². The third-order valence-electron chi connectivity index (χ3n) is 5.19. The van der Waals surface area contributed by atoms with Crippen molar-refractivity contribution in [1.82, 2.24) is 19.6 Å². The molecule has 1 aromatic rings. The average Bonchev–Trinajstić information content (AvgIpc) is 2.71. The van der Waals surface area contributed by atoms with E-state index in [1.165, 1.54) is 21.9 Å². The summed E-state index contributed by atoms with van der Waals surface area (Å²) in [6.07, 6.45) is 0. The third-order valence-corrected chi connectivity index (χ3v) is 5.50. The first kappa shape index (κ1) is 21.0. The first-order chi connectivity index (χ1) is 13.8. The molecule has 2 fully saturated rings. The van der Waals surface area contributed by atoms with Crippen LogP contribution in [0.2, 0.25) is 5.02 Å². The lowest BCUT2D eigenvalue weighted by molar-refractivity contribution is -0.157. The molecule has 0 N–H and O–H groups in total. The molecule has 0 spiro atoms. The van der Waals surface area contributed by atoms with Gasteiger partial charge in [0.25, 0.3) is 5.91 Å². The third kappa shape index (κ3) is 4.50. The number of halogens is 2. The van der Waals surface area contributed by atoms with Crippen LogP contribution in [-0.4, -0.2) is 95.6 Å². The van der Waals surface area contributed by atoms with E-state index in [-0.39, 0.29) is 28.9 Å². The molecule has 29 heavy (non-hydrogen) atoms. The molecule has 0 aliphatic carbocycles. The second-order valence-corrected chi connectivity index (χ2v) is 7.32. The Morgan fingerprint density at radius 2 is 1.55 bits per heavy atom. The van der Waals surface area contributed by atoms with Crippen LogP contribution in [0.1, 0.15) is 17.3 Å². The number of piperazine rings is 2. The minimum Gasteiger partial charge on any atom is -0.338 e. The molecule has 2 aliphatic heterocycles. The standard InChI is InChI=1S/C19H22ClFN4O4/c1-2-22-5-10-25(19(29)18(22)28)12-16(26)23-6-8-24(9-7-23)17(27)14-4-3-13(21)11-15(14)20/h3-4,11H,2,5-10,12H2,1H3. The van der Waals surface area contributed by atoms with Crippen molar-refractivity contribution in [3.05, 3.63) is 34.6 Å². The van der Waals surface area contributed by atoms with Gasteiger partial charge in [0.05, 0.1) is 10.6 Å². The lowest BCUT2D eigenvalue weighted by atomic mass is 10.1. The summed E-state index contributed by atoms with van der Waals surface area (Å²) in [4.78, 5) is 55.1. The Morgan fingerprint density at radius 1 is 0.966 bits per heavy atom. The molecule has 0 atom stereocenters. The van der Waals surface area contributed by atoms with Crippen molar-refractivity contribution in [3.63, 3.8) is 0 Å². The number of likely N-dealkylation sites (N-methyl/N-ethyl adjacent to an activating group) is 1. The van der Waals surface area contributed by atoms with Gasteiger partial charge in [-0.15, -0.1) is 0 Å². The van der Waals surface area contributed by atoms with Crippen molar-refractivity contribution >= 4 is 35.2 Å². The van der Waals surface area contributed by atoms with E-state index < -0.39 is 17.6 Å². The van der Waals surface area contributed by atoms with Crippen LogP contribution in [0.4, 0.5) is 4.39 Å². The Labute approximate surface area is 172 Å². The summed E-state index contributed by atoms with van der Waals surface area (Å²) < 4.78 is 13.2. The van der Waals surface area contributed by atoms with Crippen LogP contribution in [0.3, 0.4) is 0 Å². The molecule has 156 valence electrons. The monoisotopic (exact) mass is 424 g/mol. The highest BCUT2D eigenvalue weighted by Crippen LogP contribution is 2.20. The van der Waals surface area contributed by atoms with Gasteiger partial charge in [0, 0.05) is 45.8 Å². The van der Waals surface area contributed by atoms with E-state index in [1.807, 2.05) is 0 Å². The molecule has 2 aliphatic rings. The molecule has 0 radical (unpaired) electrons. The summed E-state index contributed by atoms with van der Waals surface area (Å²) in [5, 5.41) is 0.0444. The van der Waals surface area contributed by atoms with E-state index >= 15 is 0 Å². The van der Waals surface area contributed by atoms with Crippen molar-refractivity contribution in [3.8, 4) is 0 Å². The maximum Gasteiger partial charge on any atom is 0.312 e. The van der Waals surface area contributed by atoms with E-state index in [9.17, 15) is 23.6 Å². The normalized spacial score (nSPS) is 17.8. The summed E-state index contributed by atoms with van der Waals surface area (Å²) >= 11 is 5.96. The van der Waals surface area contributed by atoms with Gasteiger partial charge in [-0.25, -0.2) is 4.39 Å². The van der Waals surface area contributed by atoms with Crippen LogP contribution >= 0.6 is 11.6 Å². The highest BCUT2D eigenvalue weighted by atomic mass is 35.5. The summed E-state index contributed by atoms with van der Waals surface area (Å²) in [7, 11) is 0. The lowest BCUT2D eigenvalue weighted by Crippen LogP contribution is -2.58. The molecule has 0 aromatic heterocycles. The van der Waals surface area contributed by atoms with Gasteiger partial charge in [0.15, 0.2) is 0 Å². The average molecular weight is 425 g/mol. The molecule has 1 aromatic carbocycles. The number of carbonyl (C=O) groups excluding carboxylic acids is 4. The fourth-order valence-corrected chi connectivity index (χ4v) is 3.67. The van der Waals surface area contributed by atoms with Gasteiger partial charge in [0.2, 0.25) is 5.91 Å². The number of hydrogen-bond donors (Lipinski definition) is 0. The van der Waals surface area contributed by atoms with E-state index in [4.69, 9.17) is 11.6 Å². The zero-order chi connectivity index (χ0) is 21.1. The van der Waals surface area contributed by atoms with Gasteiger partial charge in [-0.05, 0) is 25.1 Å². The van der Waals surface area contributed by atoms with Crippen molar-refractivity contribution in [2.75, 3.05) is 52.4 Å². The van der Waals surface area contributed by atoms with Crippen LogP contribution in [0.5, 0.6) is 0 Å². The van der Waals surface area contributed by atoms with Crippen molar-refractivity contribution in [1.29, 1.82) is 0 Å². The van der Waals surface area contributed by atoms with Crippen molar-refractivity contribution in [2.45, 2.75) is 6.92 Å². The molecule has 3 rings (SSSR count). The fourth-order valence-electron chi connectivity index (χ4n) is 3.42. The maximum atomic E-state index is 13.2. The molecule has 10 heteroatoms. The number of carbonyl (C=O) groups is 4. The first-order valence-electron chi connectivity index (χ1n) is 9.42. The zero-order valence-corrected chi connectivity index (χ0v) is 16.8.